The summed E-state index contributed by atoms with van der Waals surface area (Å²) in [6, 6.07) is 5.99. The molecule has 2 heterocycles. The Morgan fingerprint density at radius 1 is 1.33 bits per heavy atom. The van der Waals surface area contributed by atoms with Crippen LogP contribution in [0.1, 0.15) is 29.4 Å². The summed E-state index contributed by atoms with van der Waals surface area (Å²) < 4.78 is 13.0. The molecule has 0 unspecified atom stereocenters. The summed E-state index contributed by atoms with van der Waals surface area (Å²) in [4.78, 5) is 17.7. The Kier molecular flexibility index (Phi) is 4.33. The van der Waals surface area contributed by atoms with E-state index in [0.29, 0.717) is 12.3 Å². The molecule has 7 heteroatoms. The fourth-order valence-electron chi connectivity index (χ4n) is 2.75. The molecule has 6 nitrogen and oxygen atoms in total. The zero-order valence-corrected chi connectivity index (χ0v) is 13.8. The Balaban J connectivity index is 1.64. The number of carbonyl (C=O) groups is 1. The zero-order chi connectivity index (χ0) is 17.3. The van der Waals surface area contributed by atoms with Gasteiger partial charge in [-0.25, -0.2) is 4.39 Å². The van der Waals surface area contributed by atoms with E-state index in [9.17, 15) is 9.18 Å². The third kappa shape index (κ3) is 3.02. The number of aryl methyl sites for hydroxylation is 2. The van der Waals surface area contributed by atoms with Crippen molar-refractivity contribution in [1.82, 2.24) is 15.5 Å². The summed E-state index contributed by atoms with van der Waals surface area (Å²) in [5.41, 5.74) is 4.15. The molecule has 1 amide bonds. The predicted octanol–water partition coefficient (Wildman–Crippen LogP) is 2.22. The van der Waals surface area contributed by atoms with Crippen molar-refractivity contribution in [2.45, 2.75) is 33.4 Å². The highest BCUT2D eigenvalue weighted by atomic mass is 19.1. The number of aromatic nitrogens is 2. The van der Waals surface area contributed by atoms with Crippen LogP contribution in [0.3, 0.4) is 0 Å². The molecule has 1 aliphatic heterocycles. The first kappa shape index (κ1) is 16.2. The second-order valence-corrected chi connectivity index (χ2v) is 5.93. The molecule has 0 spiro atoms. The van der Waals surface area contributed by atoms with E-state index in [4.69, 9.17) is 4.84 Å². The molecule has 0 radical (unpaired) electrons. The van der Waals surface area contributed by atoms with Gasteiger partial charge in [-0.05, 0) is 31.5 Å². The SMILES string of the molecule is Cc1n[nH]c(C)c1CNC(=O)[C@H]1ON=C(c2ccc(F)cc2)[C@H]1C. The van der Waals surface area contributed by atoms with Crippen molar-refractivity contribution in [2.75, 3.05) is 0 Å². The first-order chi connectivity index (χ1) is 11.5. The maximum absolute atomic E-state index is 13.0. The van der Waals surface area contributed by atoms with Crippen molar-refractivity contribution in [3.05, 3.63) is 52.6 Å². The molecular formula is C17H19FN4O2. The van der Waals surface area contributed by atoms with Gasteiger partial charge < -0.3 is 10.2 Å². The lowest BCUT2D eigenvalue weighted by Crippen LogP contribution is -2.39. The van der Waals surface area contributed by atoms with Crippen molar-refractivity contribution >= 4 is 11.6 Å². The number of H-pyrrole nitrogens is 1. The minimum absolute atomic E-state index is 0.220. The average Bonchev–Trinajstić information content (AvgIpc) is 3.09. The van der Waals surface area contributed by atoms with Crippen molar-refractivity contribution < 1.29 is 14.0 Å². The topological polar surface area (TPSA) is 79.4 Å². The number of hydrogen-bond acceptors (Lipinski definition) is 4. The Bertz CT molecular complexity index is 763. The Morgan fingerprint density at radius 2 is 2.04 bits per heavy atom. The number of benzene rings is 1. The highest BCUT2D eigenvalue weighted by Crippen LogP contribution is 2.23. The molecule has 1 aromatic carbocycles. The number of aromatic amines is 1. The van der Waals surface area contributed by atoms with Crippen LogP contribution in [0.2, 0.25) is 0 Å². The minimum Gasteiger partial charge on any atom is -0.381 e. The average molecular weight is 330 g/mol. The second kappa shape index (κ2) is 6.43. The number of oxime groups is 1. The molecule has 2 N–H and O–H groups in total. The zero-order valence-electron chi connectivity index (χ0n) is 13.8. The van der Waals surface area contributed by atoms with E-state index in [1.54, 1.807) is 12.1 Å². The molecule has 0 fully saturated rings. The van der Waals surface area contributed by atoms with Gasteiger partial charge in [0.15, 0.2) is 0 Å². The molecule has 0 aliphatic carbocycles. The third-order valence-electron chi connectivity index (χ3n) is 4.27. The second-order valence-electron chi connectivity index (χ2n) is 5.93. The van der Waals surface area contributed by atoms with Crippen LogP contribution in [0.25, 0.3) is 0 Å². The van der Waals surface area contributed by atoms with Crippen LogP contribution in [0.4, 0.5) is 4.39 Å². The quantitative estimate of drug-likeness (QED) is 0.902. The largest absolute Gasteiger partial charge is 0.381 e. The maximum atomic E-state index is 13.0. The normalized spacial score (nSPS) is 19.8. The molecule has 1 aromatic heterocycles. The molecule has 0 bridgehead atoms. The van der Waals surface area contributed by atoms with Crippen LogP contribution < -0.4 is 5.32 Å². The van der Waals surface area contributed by atoms with E-state index < -0.39 is 6.10 Å². The molecule has 0 saturated carbocycles. The van der Waals surface area contributed by atoms with E-state index in [2.05, 4.69) is 20.7 Å². The Hall–Kier alpha value is -2.70. The van der Waals surface area contributed by atoms with Gasteiger partial charge >= 0.3 is 0 Å². The summed E-state index contributed by atoms with van der Waals surface area (Å²) in [6.45, 7) is 6.04. The highest BCUT2D eigenvalue weighted by molar-refractivity contribution is 6.05. The summed E-state index contributed by atoms with van der Waals surface area (Å²) in [6.07, 6.45) is -0.697. The number of hydrogen-bond donors (Lipinski definition) is 2. The van der Waals surface area contributed by atoms with Crippen LogP contribution in [0, 0.1) is 25.6 Å². The van der Waals surface area contributed by atoms with Gasteiger partial charge in [0.1, 0.15) is 5.82 Å². The third-order valence-corrected chi connectivity index (χ3v) is 4.27. The summed E-state index contributed by atoms with van der Waals surface area (Å²) in [5, 5.41) is 13.9. The number of amides is 1. The number of nitrogens with zero attached hydrogens (tertiary/aromatic N) is 2. The first-order valence-corrected chi connectivity index (χ1v) is 7.75. The fraction of sp³-hybridized carbons (Fsp3) is 0.353. The smallest absolute Gasteiger partial charge is 0.264 e. The van der Waals surface area contributed by atoms with Crippen LogP contribution in [-0.2, 0) is 16.2 Å². The fourth-order valence-corrected chi connectivity index (χ4v) is 2.75. The summed E-state index contributed by atoms with van der Waals surface area (Å²) in [5.74, 6) is -0.767. The van der Waals surface area contributed by atoms with Crippen LogP contribution in [0.15, 0.2) is 29.4 Å². The van der Waals surface area contributed by atoms with E-state index in [1.165, 1.54) is 12.1 Å². The molecule has 2 aromatic rings. The van der Waals surface area contributed by atoms with Crippen molar-refractivity contribution in [1.29, 1.82) is 0 Å². The molecule has 0 saturated heterocycles. The van der Waals surface area contributed by atoms with Crippen molar-refractivity contribution in [3.63, 3.8) is 0 Å². The monoisotopic (exact) mass is 330 g/mol. The van der Waals surface area contributed by atoms with E-state index in [-0.39, 0.29) is 17.6 Å². The predicted molar refractivity (Wildman–Crippen MR) is 86.9 cm³/mol. The van der Waals surface area contributed by atoms with Crippen molar-refractivity contribution in [3.8, 4) is 0 Å². The number of halogens is 1. The molecule has 24 heavy (non-hydrogen) atoms. The van der Waals surface area contributed by atoms with Gasteiger partial charge in [-0.15, -0.1) is 0 Å². The van der Waals surface area contributed by atoms with Crippen LogP contribution >= 0.6 is 0 Å². The molecule has 3 rings (SSSR count). The van der Waals surface area contributed by atoms with E-state index in [1.807, 2.05) is 20.8 Å². The van der Waals surface area contributed by atoms with Gasteiger partial charge in [0.25, 0.3) is 5.91 Å². The number of nitrogens with one attached hydrogen (secondary N) is 2. The lowest BCUT2D eigenvalue weighted by molar-refractivity contribution is -0.132. The standard InChI is InChI=1S/C17H19FN4O2/c1-9-15(12-4-6-13(18)7-5-12)22-24-16(9)17(23)19-8-14-10(2)20-21-11(14)3/h4-7,9,16H,8H2,1-3H3,(H,19,23)(H,20,21)/t9-,16+/m1/s1. The van der Waals surface area contributed by atoms with E-state index in [0.717, 1.165) is 22.5 Å². The van der Waals surface area contributed by atoms with Gasteiger partial charge in [-0.3, -0.25) is 9.89 Å². The maximum Gasteiger partial charge on any atom is 0.264 e. The molecule has 2 atom stereocenters. The van der Waals surface area contributed by atoms with Gasteiger partial charge in [0, 0.05) is 17.8 Å². The highest BCUT2D eigenvalue weighted by Gasteiger charge is 2.36. The Labute approximate surface area is 139 Å². The van der Waals surface area contributed by atoms with Crippen LogP contribution in [-0.4, -0.2) is 27.9 Å². The number of rotatable bonds is 4. The lowest BCUT2D eigenvalue weighted by Gasteiger charge is -2.14. The molecule has 126 valence electrons. The Morgan fingerprint density at radius 3 is 2.67 bits per heavy atom. The first-order valence-electron chi connectivity index (χ1n) is 7.75. The van der Waals surface area contributed by atoms with Gasteiger partial charge in [-0.1, -0.05) is 24.2 Å². The lowest BCUT2D eigenvalue weighted by atomic mass is 9.93. The van der Waals surface area contributed by atoms with Gasteiger partial charge in [0.05, 0.1) is 17.3 Å². The minimum atomic E-state index is -0.697. The number of carbonyl (C=O) groups excluding carboxylic acids is 1. The van der Waals surface area contributed by atoms with Crippen molar-refractivity contribution in [2.24, 2.45) is 11.1 Å². The summed E-state index contributed by atoms with van der Waals surface area (Å²) >= 11 is 0. The summed E-state index contributed by atoms with van der Waals surface area (Å²) in [7, 11) is 0. The van der Waals surface area contributed by atoms with Gasteiger partial charge in [-0.2, -0.15) is 5.10 Å². The van der Waals surface area contributed by atoms with Gasteiger partial charge in [0.2, 0.25) is 6.10 Å². The molecular weight excluding hydrogens is 311 g/mol. The molecule has 1 aliphatic rings. The van der Waals surface area contributed by atoms with Crippen LogP contribution in [0.5, 0.6) is 0 Å². The van der Waals surface area contributed by atoms with E-state index >= 15 is 0 Å².